The Bertz CT molecular complexity index is 1120. The number of esters is 1. The van der Waals surface area contributed by atoms with Crippen LogP contribution in [0.5, 0.6) is 11.5 Å². The summed E-state index contributed by atoms with van der Waals surface area (Å²) in [5.74, 6) is 1.39. The van der Waals surface area contributed by atoms with E-state index in [4.69, 9.17) is 18.9 Å². The molecule has 3 aromatic rings. The van der Waals surface area contributed by atoms with Gasteiger partial charge in [0, 0.05) is 25.0 Å². The van der Waals surface area contributed by atoms with Crippen molar-refractivity contribution < 1.29 is 23.7 Å². The molecule has 0 amide bonds. The van der Waals surface area contributed by atoms with Crippen molar-refractivity contribution in [3.05, 3.63) is 101 Å². The number of fused-ring (bicyclic) bond motifs is 2. The quantitative estimate of drug-likeness (QED) is 0.232. The molecule has 1 unspecified atom stereocenters. The topological polar surface area (TPSA) is 54.0 Å². The lowest BCUT2D eigenvalue weighted by Crippen LogP contribution is -2.29. The summed E-state index contributed by atoms with van der Waals surface area (Å²) in [6, 6.07) is 24.4. The van der Waals surface area contributed by atoms with Gasteiger partial charge in [0.05, 0.1) is 13.2 Å². The van der Waals surface area contributed by atoms with Gasteiger partial charge in [0.2, 0.25) is 0 Å². The average Bonchev–Trinajstić information content (AvgIpc) is 3.07. The molecule has 1 atom stereocenters. The van der Waals surface area contributed by atoms with Crippen LogP contribution in [0.25, 0.3) is 5.57 Å². The molecule has 36 heavy (non-hydrogen) atoms. The predicted molar refractivity (Wildman–Crippen MR) is 141 cm³/mol. The Morgan fingerprint density at radius 2 is 1.69 bits per heavy atom. The van der Waals surface area contributed by atoms with E-state index in [0.29, 0.717) is 32.8 Å². The van der Waals surface area contributed by atoms with Crippen LogP contribution in [-0.2, 0) is 27.3 Å². The second-order valence-electron chi connectivity index (χ2n) is 8.66. The number of ether oxygens (including phenoxy) is 4. The molecule has 0 fully saturated rings. The number of carbonyl (C=O) groups excluding carboxylic acids is 1. The molecule has 0 bridgehead atoms. The van der Waals surface area contributed by atoms with Gasteiger partial charge in [-0.2, -0.15) is 0 Å². The van der Waals surface area contributed by atoms with Crippen LogP contribution in [0.2, 0.25) is 0 Å². The molecule has 0 spiro atoms. The lowest BCUT2D eigenvalue weighted by atomic mass is 9.93. The first-order chi connectivity index (χ1) is 17.7. The van der Waals surface area contributed by atoms with Gasteiger partial charge in [-0.25, -0.2) is 4.79 Å². The van der Waals surface area contributed by atoms with Gasteiger partial charge in [0.15, 0.2) is 6.10 Å². The summed E-state index contributed by atoms with van der Waals surface area (Å²) in [6.07, 6.45) is 3.73. The Hall–Kier alpha value is -3.57. The predicted octanol–water partition coefficient (Wildman–Crippen LogP) is 6.38. The number of rotatable bonds is 11. The van der Waals surface area contributed by atoms with Gasteiger partial charge in [-0.05, 0) is 53.8 Å². The van der Waals surface area contributed by atoms with Gasteiger partial charge in [-0.1, -0.05) is 67.6 Å². The molecular weight excluding hydrogens is 452 g/mol. The van der Waals surface area contributed by atoms with Gasteiger partial charge in [0.1, 0.15) is 18.1 Å². The van der Waals surface area contributed by atoms with Crippen LogP contribution in [0.3, 0.4) is 0 Å². The van der Waals surface area contributed by atoms with Crippen molar-refractivity contribution in [2.45, 2.75) is 45.8 Å². The molecule has 5 heteroatoms. The zero-order valence-electron chi connectivity index (χ0n) is 21.1. The first-order valence-corrected chi connectivity index (χ1v) is 12.7. The number of hydrogen-bond acceptors (Lipinski definition) is 5. The van der Waals surface area contributed by atoms with E-state index in [9.17, 15) is 4.79 Å². The summed E-state index contributed by atoms with van der Waals surface area (Å²) in [5.41, 5.74) is 5.67. The molecular formula is C31H34O5. The zero-order chi connectivity index (χ0) is 25.2. The molecule has 0 saturated heterocycles. The fourth-order valence-electron chi connectivity index (χ4n) is 4.27. The summed E-state index contributed by atoms with van der Waals surface area (Å²) in [6.45, 7) is 5.82. The summed E-state index contributed by atoms with van der Waals surface area (Å²) in [5, 5.41) is 0. The van der Waals surface area contributed by atoms with Crippen molar-refractivity contribution >= 4 is 11.5 Å². The van der Waals surface area contributed by atoms with Crippen molar-refractivity contribution in [2.24, 2.45) is 0 Å². The molecule has 0 N–H and O–H groups in total. The second-order valence-corrected chi connectivity index (χ2v) is 8.66. The van der Waals surface area contributed by atoms with Gasteiger partial charge in [-0.3, -0.25) is 0 Å². The third-order valence-corrected chi connectivity index (χ3v) is 6.02. The molecule has 0 aromatic heterocycles. The van der Waals surface area contributed by atoms with E-state index < -0.39 is 6.10 Å². The van der Waals surface area contributed by atoms with E-state index in [-0.39, 0.29) is 5.97 Å². The van der Waals surface area contributed by atoms with Crippen LogP contribution in [-0.4, -0.2) is 31.9 Å². The summed E-state index contributed by atoms with van der Waals surface area (Å²) >= 11 is 0. The van der Waals surface area contributed by atoms with E-state index in [1.807, 2.05) is 55.5 Å². The van der Waals surface area contributed by atoms with E-state index in [1.165, 1.54) is 16.7 Å². The molecule has 1 aliphatic heterocycles. The Kier molecular flexibility index (Phi) is 9.17. The first-order valence-electron chi connectivity index (χ1n) is 12.7. The van der Waals surface area contributed by atoms with Crippen molar-refractivity contribution in [1.29, 1.82) is 0 Å². The van der Waals surface area contributed by atoms with Crippen LogP contribution >= 0.6 is 0 Å². The molecule has 3 aromatic carbocycles. The SMILES string of the molecule is CCCOC(Cc1ccc(OCC/C=C2\c3ccccc3COc3ccccc32)cc1)C(=O)OCC. The van der Waals surface area contributed by atoms with E-state index in [0.717, 1.165) is 35.5 Å². The van der Waals surface area contributed by atoms with Gasteiger partial charge >= 0.3 is 5.97 Å². The maximum absolute atomic E-state index is 12.2. The molecule has 4 rings (SSSR count). The average molecular weight is 487 g/mol. The highest BCUT2D eigenvalue weighted by atomic mass is 16.6. The number of hydrogen-bond donors (Lipinski definition) is 0. The minimum absolute atomic E-state index is 0.314. The third-order valence-electron chi connectivity index (χ3n) is 6.02. The summed E-state index contributed by atoms with van der Waals surface area (Å²) in [7, 11) is 0. The molecule has 0 aliphatic carbocycles. The van der Waals surface area contributed by atoms with Crippen molar-refractivity contribution in [2.75, 3.05) is 19.8 Å². The van der Waals surface area contributed by atoms with E-state index >= 15 is 0 Å². The highest BCUT2D eigenvalue weighted by molar-refractivity contribution is 5.84. The number of carbonyl (C=O) groups is 1. The van der Waals surface area contributed by atoms with Gasteiger partial charge < -0.3 is 18.9 Å². The molecule has 1 aliphatic rings. The van der Waals surface area contributed by atoms with E-state index in [2.05, 4.69) is 30.3 Å². The smallest absolute Gasteiger partial charge is 0.335 e. The highest BCUT2D eigenvalue weighted by Crippen LogP contribution is 2.36. The summed E-state index contributed by atoms with van der Waals surface area (Å²) < 4.78 is 23.0. The Balaban J connectivity index is 1.38. The summed E-state index contributed by atoms with van der Waals surface area (Å²) in [4.78, 5) is 12.2. The van der Waals surface area contributed by atoms with Crippen molar-refractivity contribution in [1.82, 2.24) is 0 Å². The van der Waals surface area contributed by atoms with Crippen LogP contribution in [0.1, 0.15) is 48.9 Å². The lowest BCUT2D eigenvalue weighted by molar-refractivity contribution is -0.156. The second kappa shape index (κ2) is 12.9. The Labute approximate surface area is 213 Å². The standard InChI is InChI=1S/C31H34O5/c1-3-19-35-30(31(32)33-4-2)21-23-15-17-25(18-16-23)34-20-9-13-27-26-11-6-5-10-24(26)22-36-29-14-8-7-12-28(27)29/h5-8,10-18,30H,3-4,9,19-22H2,1-2H3/b27-13+. The van der Waals surface area contributed by atoms with E-state index in [1.54, 1.807) is 6.92 Å². The maximum atomic E-state index is 12.2. The third kappa shape index (κ3) is 6.55. The Morgan fingerprint density at radius 1 is 0.944 bits per heavy atom. The molecule has 5 nitrogen and oxygen atoms in total. The fourth-order valence-corrected chi connectivity index (χ4v) is 4.27. The van der Waals surface area contributed by atoms with Crippen LogP contribution in [0.4, 0.5) is 0 Å². The monoisotopic (exact) mass is 486 g/mol. The van der Waals surface area contributed by atoms with Crippen LogP contribution in [0, 0.1) is 0 Å². The molecule has 188 valence electrons. The highest BCUT2D eigenvalue weighted by Gasteiger charge is 2.21. The Morgan fingerprint density at radius 3 is 2.47 bits per heavy atom. The largest absolute Gasteiger partial charge is 0.493 e. The zero-order valence-corrected chi connectivity index (χ0v) is 21.1. The maximum Gasteiger partial charge on any atom is 0.335 e. The van der Waals surface area contributed by atoms with Crippen LogP contribution in [0.15, 0.2) is 78.9 Å². The lowest BCUT2D eigenvalue weighted by Gasteiger charge is -2.16. The van der Waals surface area contributed by atoms with Crippen molar-refractivity contribution in [3.8, 4) is 11.5 Å². The number of benzene rings is 3. The number of para-hydroxylation sites is 1. The first kappa shape index (κ1) is 25.5. The molecule has 1 heterocycles. The minimum Gasteiger partial charge on any atom is -0.493 e. The van der Waals surface area contributed by atoms with Crippen LogP contribution < -0.4 is 9.47 Å². The van der Waals surface area contributed by atoms with Gasteiger partial charge in [0.25, 0.3) is 0 Å². The fraction of sp³-hybridized carbons (Fsp3) is 0.323. The van der Waals surface area contributed by atoms with Gasteiger partial charge in [-0.15, -0.1) is 0 Å². The van der Waals surface area contributed by atoms with Crippen molar-refractivity contribution in [3.63, 3.8) is 0 Å². The molecule has 0 saturated carbocycles. The normalized spacial score (nSPS) is 14.2. The molecule has 0 radical (unpaired) electrons. The minimum atomic E-state index is -0.586.